The molecular weight excluding hydrogens is 240 g/mol. The second kappa shape index (κ2) is 7.31. The molecule has 0 aliphatic carbocycles. The molecule has 102 valence electrons. The average molecular weight is 264 g/mol. The van der Waals surface area contributed by atoms with Crippen molar-refractivity contribution < 1.29 is 13.2 Å². The third-order valence-corrected chi connectivity index (χ3v) is 4.43. The molecule has 17 heavy (non-hydrogen) atoms. The van der Waals surface area contributed by atoms with Crippen molar-refractivity contribution >= 4 is 10.0 Å². The summed E-state index contributed by atoms with van der Waals surface area (Å²) in [4.78, 5) is 0. The molecule has 1 fully saturated rings. The largest absolute Gasteiger partial charge is 0.385 e. The fourth-order valence-electron chi connectivity index (χ4n) is 2.07. The Morgan fingerprint density at radius 2 is 1.94 bits per heavy atom. The van der Waals surface area contributed by atoms with Gasteiger partial charge in [-0.1, -0.05) is 0 Å². The Bertz CT molecular complexity index is 298. The van der Waals surface area contributed by atoms with E-state index in [2.05, 4.69) is 5.32 Å². The monoisotopic (exact) mass is 264 g/mol. The topological polar surface area (TPSA) is 58.6 Å². The molecule has 1 aliphatic heterocycles. The Hall–Kier alpha value is -0.170. The Balaban J connectivity index is 2.11. The maximum absolute atomic E-state index is 11.3. The van der Waals surface area contributed by atoms with Gasteiger partial charge in [-0.2, -0.15) is 0 Å². The molecule has 6 heteroatoms. The lowest BCUT2D eigenvalue weighted by Gasteiger charge is -2.30. The first-order valence-corrected chi connectivity index (χ1v) is 8.06. The maximum atomic E-state index is 11.3. The first kappa shape index (κ1) is 14.9. The molecule has 0 bridgehead atoms. The summed E-state index contributed by atoms with van der Waals surface area (Å²) in [7, 11) is -1.28. The van der Waals surface area contributed by atoms with Gasteiger partial charge in [0.1, 0.15) is 0 Å². The lowest BCUT2D eigenvalue weighted by molar-refractivity contribution is 0.191. The Labute approximate surface area is 105 Å². The summed E-state index contributed by atoms with van der Waals surface area (Å²) in [5.41, 5.74) is 0. The van der Waals surface area contributed by atoms with E-state index in [1.807, 2.05) is 0 Å². The molecule has 0 amide bonds. The highest BCUT2D eigenvalue weighted by Gasteiger charge is 2.24. The van der Waals surface area contributed by atoms with Crippen LogP contribution in [0.2, 0.25) is 0 Å². The van der Waals surface area contributed by atoms with Crippen molar-refractivity contribution in [2.24, 2.45) is 0 Å². The van der Waals surface area contributed by atoms with Crippen LogP contribution in [0.15, 0.2) is 0 Å². The number of hydrogen-bond donors (Lipinski definition) is 1. The molecule has 0 unspecified atom stereocenters. The van der Waals surface area contributed by atoms with Gasteiger partial charge in [0.25, 0.3) is 0 Å². The van der Waals surface area contributed by atoms with Crippen molar-refractivity contribution in [2.75, 3.05) is 39.6 Å². The van der Waals surface area contributed by atoms with Crippen LogP contribution < -0.4 is 5.32 Å². The van der Waals surface area contributed by atoms with Gasteiger partial charge in [-0.05, 0) is 32.2 Å². The maximum Gasteiger partial charge on any atom is 0.211 e. The molecule has 0 atom stereocenters. The van der Waals surface area contributed by atoms with Crippen LogP contribution in [0, 0.1) is 0 Å². The van der Waals surface area contributed by atoms with Crippen LogP contribution >= 0.6 is 0 Å². The van der Waals surface area contributed by atoms with E-state index in [0.717, 1.165) is 38.8 Å². The molecule has 0 spiro atoms. The smallest absolute Gasteiger partial charge is 0.211 e. The second-order valence-electron chi connectivity index (χ2n) is 4.59. The van der Waals surface area contributed by atoms with E-state index in [-0.39, 0.29) is 0 Å². The molecular formula is C11H24N2O3S. The summed E-state index contributed by atoms with van der Waals surface area (Å²) in [6.45, 7) is 3.10. The molecule has 0 aromatic heterocycles. The molecule has 0 radical (unpaired) electrons. The van der Waals surface area contributed by atoms with Crippen molar-refractivity contribution in [2.45, 2.75) is 31.7 Å². The van der Waals surface area contributed by atoms with Gasteiger partial charge in [0, 0.05) is 32.8 Å². The normalized spacial score (nSPS) is 19.6. The molecule has 5 nitrogen and oxygen atoms in total. The van der Waals surface area contributed by atoms with Crippen LogP contribution in [0.4, 0.5) is 0 Å². The van der Waals surface area contributed by atoms with Crippen LogP contribution in [0.25, 0.3) is 0 Å². The number of methoxy groups -OCH3 is 1. The summed E-state index contributed by atoms with van der Waals surface area (Å²) >= 11 is 0. The van der Waals surface area contributed by atoms with Crippen molar-refractivity contribution in [1.82, 2.24) is 9.62 Å². The number of hydrogen-bond acceptors (Lipinski definition) is 4. The van der Waals surface area contributed by atoms with Crippen molar-refractivity contribution in [1.29, 1.82) is 0 Å². The zero-order valence-corrected chi connectivity index (χ0v) is 11.6. The third-order valence-electron chi connectivity index (χ3n) is 3.13. The zero-order chi connectivity index (χ0) is 12.7. The first-order chi connectivity index (χ1) is 8.04. The average Bonchev–Trinajstić information content (AvgIpc) is 2.28. The molecule has 1 heterocycles. The number of piperidine rings is 1. The van der Waals surface area contributed by atoms with E-state index in [1.165, 1.54) is 6.26 Å². The number of unbranched alkanes of at least 4 members (excludes halogenated alkanes) is 1. The van der Waals surface area contributed by atoms with Crippen molar-refractivity contribution in [3.05, 3.63) is 0 Å². The van der Waals surface area contributed by atoms with Gasteiger partial charge in [-0.15, -0.1) is 0 Å². The molecule has 1 rings (SSSR count). The third kappa shape index (κ3) is 5.81. The number of nitrogens with zero attached hydrogens (tertiary/aromatic N) is 1. The predicted molar refractivity (Wildman–Crippen MR) is 68.6 cm³/mol. The minimum Gasteiger partial charge on any atom is -0.385 e. The summed E-state index contributed by atoms with van der Waals surface area (Å²) in [6.07, 6.45) is 5.30. The highest BCUT2D eigenvalue weighted by atomic mass is 32.2. The second-order valence-corrected chi connectivity index (χ2v) is 6.57. The van der Waals surface area contributed by atoms with Gasteiger partial charge in [0.05, 0.1) is 6.26 Å². The lowest BCUT2D eigenvalue weighted by atomic mass is 10.1. The predicted octanol–water partition coefficient (Wildman–Crippen LogP) is 0.427. The molecule has 0 saturated carbocycles. The first-order valence-electron chi connectivity index (χ1n) is 6.21. The molecule has 1 saturated heterocycles. The number of ether oxygens (including phenoxy) is 1. The number of sulfonamides is 1. The van der Waals surface area contributed by atoms with Crippen LogP contribution in [-0.2, 0) is 14.8 Å². The molecule has 0 aromatic carbocycles. The van der Waals surface area contributed by atoms with Crippen molar-refractivity contribution in [3.8, 4) is 0 Å². The van der Waals surface area contributed by atoms with Crippen LogP contribution in [-0.4, -0.2) is 58.4 Å². The van der Waals surface area contributed by atoms with Gasteiger partial charge in [0.15, 0.2) is 0 Å². The zero-order valence-electron chi connectivity index (χ0n) is 10.8. The van der Waals surface area contributed by atoms with E-state index in [0.29, 0.717) is 19.1 Å². The quantitative estimate of drug-likeness (QED) is 0.677. The highest BCUT2D eigenvalue weighted by Crippen LogP contribution is 2.13. The van der Waals surface area contributed by atoms with E-state index in [9.17, 15) is 8.42 Å². The van der Waals surface area contributed by atoms with Crippen LogP contribution in [0.1, 0.15) is 25.7 Å². The van der Waals surface area contributed by atoms with E-state index in [4.69, 9.17) is 4.74 Å². The van der Waals surface area contributed by atoms with Gasteiger partial charge in [0.2, 0.25) is 10.0 Å². The lowest BCUT2D eigenvalue weighted by Crippen LogP contribution is -2.44. The van der Waals surface area contributed by atoms with Crippen LogP contribution in [0.3, 0.4) is 0 Å². The van der Waals surface area contributed by atoms with Gasteiger partial charge in [-0.3, -0.25) is 0 Å². The Kier molecular flexibility index (Phi) is 6.40. The van der Waals surface area contributed by atoms with Crippen LogP contribution in [0.5, 0.6) is 0 Å². The number of rotatable bonds is 7. The molecule has 1 aliphatic rings. The standard InChI is InChI=1S/C11H24N2O3S/c1-16-10-4-3-7-12-11-5-8-13(9-6-11)17(2,14)15/h11-12H,3-10H2,1-2H3. The van der Waals surface area contributed by atoms with E-state index >= 15 is 0 Å². The summed E-state index contributed by atoms with van der Waals surface area (Å²) in [5.74, 6) is 0. The summed E-state index contributed by atoms with van der Waals surface area (Å²) in [6, 6.07) is 0.468. The van der Waals surface area contributed by atoms with Gasteiger partial charge in [-0.25, -0.2) is 12.7 Å². The molecule has 0 aromatic rings. The van der Waals surface area contributed by atoms with Gasteiger partial charge < -0.3 is 10.1 Å². The molecule has 1 N–H and O–H groups in total. The van der Waals surface area contributed by atoms with E-state index < -0.39 is 10.0 Å². The minimum atomic E-state index is -2.99. The fraction of sp³-hybridized carbons (Fsp3) is 1.00. The van der Waals surface area contributed by atoms with E-state index in [1.54, 1.807) is 11.4 Å². The van der Waals surface area contributed by atoms with Gasteiger partial charge >= 0.3 is 0 Å². The fourth-order valence-corrected chi connectivity index (χ4v) is 2.94. The number of nitrogens with one attached hydrogen (secondary N) is 1. The highest BCUT2D eigenvalue weighted by molar-refractivity contribution is 7.88. The summed E-state index contributed by atoms with van der Waals surface area (Å²) < 4.78 is 29.2. The minimum absolute atomic E-state index is 0.468. The Morgan fingerprint density at radius 1 is 1.29 bits per heavy atom. The Morgan fingerprint density at radius 3 is 2.47 bits per heavy atom. The van der Waals surface area contributed by atoms with Crippen molar-refractivity contribution in [3.63, 3.8) is 0 Å². The SMILES string of the molecule is COCCCCNC1CCN(S(C)(=O)=O)CC1. The summed E-state index contributed by atoms with van der Waals surface area (Å²) in [5, 5.41) is 3.48.